The number of hydrogen-bond donors (Lipinski definition) is 2. The number of benzene rings is 1. The van der Waals surface area contributed by atoms with Crippen LogP contribution in [-0.2, 0) is 6.54 Å². The van der Waals surface area contributed by atoms with Gasteiger partial charge in [-0.3, -0.25) is 4.99 Å². The first-order valence-electron chi connectivity index (χ1n) is 8.18. The standard InChI is InChI=1S/C18H25N3O/c1-19-18(21-16-7-3-4-8-16)20-12-15-6-2-5-9-17(15)22-13-14-10-11-14/h2-6,9,14,16H,7-8,10-13H2,1H3,(H2,19,20,21). The van der Waals surface area contributed by atoms with Gasteiger partial charge in [0.1, 0.15) is 5.75 Å². The molecule has 0 aromatic heterocycles. The Kier molecular flexibility index (Phi) is 4.99. The second-order valence-corrected chi connectivity index (χ2v) is 6.07. The molecule has 0 heterocycles. The van der Waals surface area contributed by atoms with Gasteiger partial charge in [0.2, 0.25) is 0 Å². The second-order valence-electron chi connectivity index (χ2n) is 6.07. The van der Waals surface area contributed by atoms with Crippen molar-refractivity contribution in [1.82, 2.24) is 10.6 Å². The van der Waals surface area contributed by atoms with Crippen LogP contribution in [0.25, 0.3) is 0 Å². The van der Waals surface area contributed by atoms with Crippen LogP contribution in [0.5, 0.6) is 5.75 Å². The van der Waals surface area contributed by atoms with E-state index in [-0.39, 0.29) is 0 Å². The van der Waals surface area contributed by atoms with E-state index in [4.69, 9.17) is 4.74 Å². The van der Waals surface area contributed by atoms with Gasteiger partial charge in [0.25, 0.3) is 0 Å². The molecule has 1 fully saturated rings. The lowest BCUT2D eigenvalue weighted by Gasteiger charge is -2.18. The predicted molar refractivity (Wildman–Crippen MR) is 90.2 cm³/mol. The highest BCUT2D eigenvalue weighted by atomic mass is 16.5. The molecule has 0 radical (unpaired) electrons. The number of rotatable bonds is 6. The zero-order valence-electron chi connectivity index (χ0n) is 13.2. The van der Waals surface area contributed by atoms with Crippen LogP contribution in [0.15, 0.2) is 41.4 Å². The molecule has 1 aromatic rings. The van der Waals surface area contributed by atoms with Crippen LogP contribution in [0.1, 0.15) is 31.2 Å². The predicted octanol–water partition coefficient (Wildman–Crippen LogP) is 2.86. The Morgan fingerprint density at radius 3 is 2.73 bits per heavy atom. The molecule has 0 bridgehead atoms. The summed E-state index contributed by atoms with van der Waals surface area (Å²) in [7, 11) is 1.81. The molecule has 4 heteroatoms. The van der Waals surface area contributed by atoms with Crippen molar-refractivity contribution in [2.24, 2.45) is 10.9 Å². The van der Waals surface area contributed by atoms with Gasteiger partial charge in [-0.15, -0.1) is 0 Å². The van der Waals surface area contributed by atoms with Crippen LogP contribution in [0.3, 0.4) is 0 Å². The molecular weight excluding hydrogens is 274 g/mol. The molecule has 0 unspecified atom stereocenters. The van der Waals surface area contributed by atoms with Gasteiger partial charge in [0, 0.05) is 25.2 Å². The lowest BCUT2D eigenvalue weighted by Crippen LogP contribution is -2.42. The van der Waals surface area contributed by atoms with Crippen molar-refractivity contribution in [2.75, 3.05) is 13.7 Å². The number of nitrogens with zero attached hydrogens (tertiary/aromatic N) is 1. The summed E-state index contributed by atoms with van der Waals surface area (Å²) in [6.45, 7) is 1.57. The molecule has 118 valence electrons. The highest BCUT2D eigenvalue weighted by Crippen LogP contribution is 2.30. The minimum atomic E-state index is 0.465. The molecular formula is C18H25N3O. The van der Waals surface area contributed by atoms with E-state index in [2.05, 4.69) is 46.0 Å². The number of ether oxygens (including phenoxy) is 1. The second kappa shape index (κ2) is 7.34. The van der Waals surface area contributed by atoms with Crippen LogP contribution in [0.4, 0.5) is 0 Å². The fourth-order valence-corrected chi connectivity index (χ4v) is 2.58. The average molecular weight is 299 g/mol. The molecule has 0 amide bonds. The third-order valence-corrected chi connectivity index (χ3v) is 4.16. The first-order valence-corrected chi connectivity index (χ1v) is 8.18. The Morgan fingerprint density at radius 1 is 1.23 bits per heavy atom. The normalized spacial score (nSPS) is 18.5. The van der Waals surface area contributed by atoms with E-state index in [1.165, 1.54) is 18.4 Å². The van der Waals surface area contributed by atoms with Crippen molar-refractivity contribution in [2.45, 2.75) is 38.3 Å². The first kappa shape index (κ1) is 14.9. The summed E-state index contributed by atoms with van der Waals surface area (Å²) in [4.78, 5) is 4.31. The van der Waals surface area contributed by atoms with Crippen molar-refractivity contribution in [3.05, 3.63) is 42.0 Å². The molecule has 0 atom stereocenters. The number of guanidine groups is 1. The smallest absolute Gasteiger partial charge is 0.191 e. The average Bonchev–Trinajstić information content (AvgIpc) is 3.25. The van der Waals surface area contributed by atoms with Gasteiger partial charge in [-0.25, -0.2) is 0 Å². The van der Waals surface area contributed by atoms with Crippen molar-refractivity contribution in [3.63, 3.8) is 0 Å². The summed E-state index contributed by atoms with van der Waals surface area (Å²) in [6, 6.07) is 8.71. The monoisotopic (exact) mass is 299 g/mol. The quantitative estimate of drug-likeness (QED) is 0.482. The van der Waals surface area contributed by atoms with E-state index in [0.29, 0.717) is 6.04 Å². The van der Waals surface area contributed by atoms with Crippen LogP contribution in [0, 0.1) is 5.92 Å². The number of para-hydroxylation sites is 1. The minimum absolute atomic E-state index is 0.465. The van der Waals surface area contributed by atoms with Gasteiger partial charge in [0.05, 0.1) is 6.61 Å². The Labute approximate surface area is 132 Å². The summed E-state index contributed by atoms with van der Waals surface area (Å²) < 4.78 is 5.95. The third-order valence-electron chi connectivity index (χ3n) is 4.16. The topological polar surface area (TPSA) is 45.7 Å². The molecule has 2 aliphatic rings. The molecule has 1 aromatic carbocycles. The van der Waals surface area contributed by atoms with Gasteiger partial charge in [-0.05, 0) is 37.7 Å². The zero-order valence-corrected chi connectivity index (χ0v) is 13.2. The molecule has 2 aliphatic carbocycles. The van der Waals surface area contributed by atoms with Crippen LogP contribution in [0.2, 0.25) is 0 Å². The highest BCUT2D eigenvalue weighted by Gasteiger charge is 2.22. The Hall–Kier alpha value is -1.97. The minimum Gasteiger partial charge on any atom is -0.493 e. The summed E-state index contributed by atoms with van der Waals surface area (Å²) in [5, 5.41) is 6.84. The highest BCUT2D eigenvalue weighted by molar-refractivity contribution is 5.80. The lowest BCUT2D eigenvalue weighted by molar-refractivity contribution is 0.296. The van der Waals surface area contributed by atoms with E-state index in [1.54, 1.807) is 0 Å². The maximum absolute atomic E-state index is 5.95. The van der Waals surface area contributed by atoms with Gasteiger partial charge >= 0.3 is 0 Å². The Morgan fingerprint density at radius 2 is 2.00 bits per heavy atom. The van der Waals surface area contributed by atoms with Crippen molar-refractivity contribution < 1.29 is 4.74 Å². The number of aliphatic imine (C=N–C) groups is 1. The molecule has 3 rings (SSSR count). The number of hydrogen-bond acceptors (Lipinski definition) is 2. The lowest BCUT2D eigenvalue weighted by atomic mass is 10.2. The molecule has 0 saturated heterocycles. The van der Waals surface area contributed by atoms with Gasteiger partial charge in [-0.1, -0.05) is 30.4 Å². The van der Waals surface area contributed by atoms with Crippen molar-refractivity contribution in [1.29, 1.82) is 0 Å². The molecule has 4 nitrogen and oxygen atoms in total. The molecule has 1 saturated carbocycles. The summed E-state index contributed by atoms with van der Waals surface area (Å²) in [5.74, 6) is 2.61. The van der Waals surface area contributed by atoms with Gasteiger partial charge in [-0.2, -0.15) is 0 Å². The van der Waals surface area contributed by atoms with Crippen molar-refractivity contribution in [3.8, 4) is 5.75 Å². The fourth-order valence-electron chi connectivity index (χ4n) is 2.58. The fraction of sp³-hybridized carbons (Fsp3) is 0.500. The Balaban J connectivity index is 1.52. The molecule has 22 heavy (non-hydrogen) atoms. The van der Waals surface area contributed by atoms with Crippen molar-refractivity contribution >= 4 is 5.96 Å². The van der Waals surface area contributed by atoms with Gasteiger partial charge < -0.3 is 15.4 Å². The zero-order chi connectivity index (χ0) is 15.2. The van der Waals surface area contributed by atoms with E-state index in [0.717, 1.165) is 43.6 Å². The molecule has 0 spiro atoms. The number of nitrogens with one attached hydrogen (secondary N) is 2. The third kappa shape index (κ3) is 4.26. The maximum Gasteiger partial charge on any atom is 0.191 e. The van der Waals surface area contributed by atoms with Crippen LogP contribution < -0.4 is 15.4 Å². The first-order chi connectivity index (χ1) is 10.8. The van der Waals surface area contributed by atoms with Gasteiger partial charge in [0.15, 0.2) is 5.96 Å². The summed E-state index contributed by atoms with van der Waals surface area (Å²) in [5.41, 5.74) is 1.18. The maximum atomic E-state index is 5.95. The van der Waals surface area contributed by atoms with E-state index in [9.17, 15) is 0 Å². The van der Waals surface area contributed by atoms with Crippen LogP contribution >= 0.6 is 0 Å². The van der Waals surface area contributed by atoms with E-state index >= 15 is 0 Å². The van der Waals surface area contributed by atoms with E-state index in [1.807, 2.05) is 13.1 Å². The summed E-state index contributed by atoms with van der Waals surface area (Å²) in [6.07, 6.45) is 9.19. The Bertz CT molecular complexity index is 541. The van der Waals surface area contributed by atoms with E-state index < -0.39 is 0 Å². The summed E-state index contributed by atoms with van der Waals surface area (Å²) >= 11 is 0. The largest absolute Gasteiger partial charge is 0.493 e. The molecule has 0 aliphatic heterocycles. The van der Waals surface area contributed by atoms with Crippen LogP contribution in [-0.4, -0.2) is 25.7 Å². The molecule has 2 N–H and O–H groups in total. The SMILES string of the molecule is CN=C(NCc1ccccc1OCC1CC1)NC1CC=CC1.